The molecule has 1 aromatic carbocycles. The molecule has 0 heterocycles. The van der Waals surface area contributed by atoms with Crippen LogP contribution in [0.25, 0.3) is 6.08 Å². The van der Waals surface area contributed by atoms with Gasteiger partial charge in [0.25, 0.3) is 0 Å². The van der Waals surface area contributed by atoms with Gasteiger partial charge in [-0.2, -0.15) is 0 Å². The van der Waals surface area contributed by atoms with Gasteiger partial charge in [0.2, 0.25) is 0 Å². The number of ether oxygens (including phenoxy) is 1. The second kappa shape index (κ2) is 7.13. The van der Waals surface area contributed by atoms with Gasteiger partial charge in [-0.25, -0.2) is 0 Å². The van der Waals surface area contributed by atoms with Crippen molar-refractivity contribution in [2.24, 2.45) is 5.92 Å². The molecule has 0 aromatic heterocycles. The lowest BCUT2D eigenvalue weighted by Crippen LogP contribution is -2.25. The van der Waals surface area contributed by atoms with Gasteiger partial charge >= 0.3 is 5.97 Å². The van der Waals surface area contributed by atoms with Crippen LogP contribution >= 0.6 is 0 Å². The van der Waals surface area contributed by atoms with E-state index in [-0.39, 0.29) is 17.4 Å². The highest BCUT2D eigenvalue weighted by molar-refractivity contribution is 5.71. The molecule has 0 aliphatic rings. The molecule has 0 spiro atoms. The first-order valence-corrected chi connectivity index (χ1v) is 6.99. The minimum absolute atomic E-state index is 0.0579. The summed E-state index contributed by atoms with van der Waals surface area (Å²) in [6, 6.07) is 8.17. The van der Waals surface area contributed by atoms with Crippen molar-refractivity contribution in [3.8, 4) is 0 Å². The fourth-order valence-corrected chi connectivity index (χ4v) is 1.59. The molecule has 0 unspecified atom stereocenters. The van der Waals surface area contributed by atoms with Gasteiger partial charge in [0.1, 0.15) is 6.61 Å². The summed E-state index contributed by atoms with van der Waals surface area (Å²) in [5.74, 6) is -0.245. The minimum atomic E-state index is -0.167. The predicted molar refractivity (Wildman–Crippen MR) is 84.6 cm³/mol. The van der Waals surface area contributed by atoms with E-state index in [1.165, 1.54) is 0 Å². The molecule has 0 bridgehead atoms. The molecule has 0 aliphatic carbocycles. The van der Waals surface area contributed by atoms with Crippen LogP contribution in [0, 0.1) is 5.92 Å². The number of benzene rings is 1. The smallest absolute Gasteiger partial charge is 0.308 e. The quantitative estimate of drug-likeness (QED) is 0.822. The van der Waals surface area contributed by atoms with E-state index in [1.807, 2.05) is 50.3 Å². The molecule has 0 aliphatic heterocycles. The molecule has 3 nitrogen and oxygen atoms in total. The van der Waals surface area contributed by atoms with E-state index < -0.39 is 0 Å². The van der Waals surface area contributed by atoms with Crippen molar-refractivity contribution in [3.05, 3.63) is 35.9 Å². The molecular weight excluding hydrogens is 250 g/mol. The van der Waals surface area contributed by atoms with Gasteiger partial charge < -0.3 is 10.1 Å². The number of nitrogens with one attached hydrogen (secondary N) is 1. The number of hydrogen-bond acceptors (Lipinski definition) is 3. The summed E-state index contributed by atoms with van der Waals surface area (Å²) in [5.41, 5.74) is 2.24. The first-order valence-electron chi connectivity index (χ1n) is 6.99. The molecule has 0 fully saturated rings. The normalized spacial score (nSPS) is 11.9. The summed E-state index contributed by atoms with van der Waals surface area (Å²) in [7, 11) is 0. The van der Waals surface area contributed by atoms with Crippen molar-refractivity contribution in [2.75, 3.05) is 11.9 Å². The second-order valence-corrected chi connectivity index (χ2v) is 6.18. The highest BCUT2D eigenvalue weighted by atomic mass is 16.5. The van der Waals surface area contributed by atoms with Crippen molar-refractivity contribution in [1.82, 2.24) is 0 Å². The third-order valence-electron chi connectivity index (χ3n) is 2.53. The van der Waals surface area contributed by atoms with Crippen LogP contribution in [0.5, 0.6) is 0 Å². The van der Waals surface area contributed by atoms with Gasteiger partial charge in [-0.15, -0.1) is 0 Å². The Hall–Kier alpha value is -1.77. The zero-order valence-corrected chi connectivity index (χ0v) is 13.1. The Morgan fingerprint density at radius 1 is 1.25 bits per heavy atom. The van der Waals surface area contributed by atoms with Crippen LogP contribution in [0.1, 0.15) is 40.2 Å². The molecule has 110 valence electrons. The fourth-order valence-electron chi connectivity index (χ4n) is 1.59. The summed E-state index contributed by atoms with van der Waals surface area (Å²) in [5, 5.41) is 3.41. The number of esters is 1. The Morgan fingerprint density at radius 3 is 2.35 bits per heavy atom. The van der Waals surface area contributed by atoms with E-state index in [2.05, 4.69) is 26.1 Å². The topological polar surface area (TPSA) is 38.3 Å². The molecule has 1 rings (SSSR count). The van der Waals surface area contributed by atoms with Crippen LogP contribution < -0.4 is 5.32 Å². The van der Waals surface area contributed by atoms with Crippen molar-refractivity contribution in [3.63, 3.8) is 0 Å². The molecule has 0 amide bonds. The standard InChI is InChI=1S/C17H25NO2/c1-13(2)16(19)20-12-6-7-14-8-10-15(11-9-14)18-17(3,4)5/h6-11,13,18H,12H2,1-5H3/b7-6+. The van der Waals surface area contributed by atoms with Crippen molar-refractivity contribution in [1.29, 1.82) is 0 Å². The van der Waals surface area contributed by atoms with Crippen molar-refractivity contribution in [2.45, 2.75) is 40.2 Å². The largest absolute Gasteiger partial charge is 0.461 e. The van der Waals surface area contributed by atoms with Crippen molar-refractivity contribution < 1.29 is 9.53 Å². The second-order valence-electron chi connectivity index (χ2n) is 6.18. The van der Waals surface area contributed by atoms with Crippen LogP contribution in [0.2, 0.25) is 0 Å². The average molecular weight is 275 g/mol. The van der Waals surface area contributed by atoms with E-state index in [0.29, 0.717) is 6.61 Å². The van der Waals surface area contributed by atoms with E-state index in [0.717, 1.165) is 11.3 Å². The van der Waals surface area contributed by atoms with E-state index in [9.17, 15) is 4.79 Å². The highest BCUT2D eigenvalue weighted by Gasteiger charge is 2.08. The lowest BCUT2D eigenvalue weighted by Gasteiger charge is -2.22. The summed E-state index contributed by atoms with van der Waals surface area (Å²) < 4.78 is 5.08. The first-order chi connectivity index (χ1) is 9.28. The molecule has 0 saturated carbocycles. The Morgan fingerprint density at radius 2 is 1.85 bits per heavy atom. The monoisotopic (exact) mass is 275 g/mol. The lowest BCUT2D eigenvalue weighted by molar-refractivity contribution is -0.145. The summed E-state index contributed by atoms with van der Waals surface area (Å²) in [4.78, 5) is 11.3. The maximum atomic E-state index is 11.3. The number of rotatable bonds is 5. The van der Waals surface area contributed by atoms with Gasteiger partial charge in [-0.05, 0) is 44.5 Å². The zero-order valence-electron chi connectivity index (χ0n) is 13.1. The van der Waals surface area contributed by atoms with Gasteiger partial charge in [0.15, 0.2) is 0 Å². The molecular formula is C17H25NO2. The Labute approximate surface area is 122 Å². The molecule has 0 saturated heterocycles. The molecule has 1 aromatic rings. The van der Waals surface area contributed by atoms with Crippen LogP contribution in [0.15, 0.2) is 30.3 Å². The number of anilines is 1. The van der Waals surface area contributed by atoms with Gasteiger partial charge in [0.05, 0.1) is 5.92 Å². The summed E-state index contributed by atoms with van der Waals surface area (Å²) >= 11 is 0. The highest BCUT2D eigenvalue weighted by Crippen LogP contribution is 2.15. The van der Waals surface area contributed by atoms with Crippen molar-refractivity contribution >= 4 is 17.7 Å². The third-order valence-corrected chi connectivity index (χ3v) is 2.53. The first kappa shape index (κ1) is 16.3. The molecule has 1 N–H and O–H groups in total. The van der Waals surface area contributed by atoms with E-state index in [1.54, 1.807) is 0 Å². The van der Waals surface area contributed by atoms with E-state index in [4.69, 9.17) is 4.74 Å². The Balaban J connectivity index is 2.47. The van der Waals surface area contributed by atoms with E-state index >= 15 is 0 Å². The Bertz CT molecular complexity index is 453. The summed E-state index contributed by atoms with van der Waals surface area (Å²) in [6.07, 6.45) is 3.81. The maximum absolute atomic E-state index is 11.3. The molecule has 3 heteroatoms. The number of carbonyl (C=O) groups excluding carboxylic acids is 1. The Kier molecular flexibility index (Phi) is 5.81. The van der Waals surface area contributed by atoms with Gasteiger partial charge in [0, 0.05) is 11.2 Å². The lowest BCUT2D eigenvalue weighted by atomic mass is 10.1. The minimum Gasteiger partial charge on any atom is -0.461 e. The maximum Gasteiger partial charge on any atom is 0.308 e. The molecule has 0 radical (unpaired) electrons. The van der Waals surface area contributed by atoms with Gasteiger partial charge in [-0.1, -0.05) is 32.1 Å². The summed E-state index contributed by atoms with van der Waals surface area (Å²) in [6.45, 7) is 10.4. The third kappa shape index (κ3) is 6.41. The molecule has 0 atom stereocenters. The number of carbonyl (C=O) groups is 1. The van der Waals surface area contributed by atoms with Gasteiger partial charge in [-0.3, -0.25) is 4.79 Å². The van der Waals surface area contributed by atoms with Crippen LogP contribution in [0.3, 0.4) is 0 Å². The molecule has 20 heavy (non-hydrogen) atoms. The number of hydrogen-bond donors (Lipinski definition) is 1. The zero-order chi connectivity index (χ0) is 15.2. The van der Waals surface area contributed by atoms with Crippen LogP contribution in [-0.2, 0) is 9.53 Å². The SMILES string of the molecule is CC(C)C(=O)OC/C=C/c1ccc(NC(C)(C)C)cc1. The van der Waals surface area contributed by atoms with Crippen LogP contribution in [0.4, 0.5) is 5.69 Å². The average Bonchev–Trinajstić information content (AvgIpc) is 2.34. The van der Waals surface area contributed by atoms with Crippen LogP contribution in [-0.4, -0.2) is 18.1 Å². The predicted octanol–water partition coefficient (Wildman–Crippen LogP) is 4.11. The fraction of sp³-hybridized carbons (Fsp3) is 0.471.